The molecule has 46 heavy (non-hydrogen) atoms. The number of urea groups is 1. The van der Waals surface area contributed by atoms with Crippen LogP contribution in [0.1, 0.15) is 42.4 Å². The Morgan fingerprint density at radius 3 is 2.50 bits per heavy atom. The molecule has 1 aromatic carbocycles. The number of nitrogens with zero attached hydrogens (tertiary/aromatic N) is 4. The minimum absolute atomic E-state index is 0.0369. The number of alkyl halides is 2. The largest absolute Gasteiger partial charge is 0.435 e. The van der Waals surface area contributed by atoms with E-state index in [1.54, 1.807) is 18.3 Å². The van der Waals surface area contributed by atoms with Crippen LogP contribution < -0.4 is 15.4 Å². The van der Waals surface area contributed by atoms with E-state index in [1.165, 1.54) is 35.4 Å². The van der Waals surface area contributed by atoms with Crippen molar-refractivity contribution >= 4 is 27.6 Å². The van der Waals surface area contributed by atoms with E-state index in [1.807, 2.05) is 6.92 Å². The molecule has 17 heteroatoms. The van der Waals surface area contributed by atoms with Crippen LogP contribution in [0.25, 0.3) is 11.5 Å². The molecule has 1 unspecified atom stereocenters. The van der Waals surface area contributed by atoms with Crippen molar-refractivity contribution in [1.29, 1.82) is 0 Å². The summed E-state index contributed by atoms with van der Waals surface area (Å²) in [6.45, 7) is -0.389. The molecule has 1 saturated heterocycles. The van der Waals surface area contributed by atoms with Crippen LogP contribution in [0.3, 0.4) is 0 Å². The molecule has 3 heterocycles. The summed E-state index contributed by atoms with van der Waals surface area (Å²) in [6, 6.07) is 5.10. The minimum Gasteiger partial charge on any atom is -0.435 e. The third-order valence-electron chi connectivity index (χ3n) is 6.92. The van der Waals surface area contributed by atoms with Gasteiger partial charge in [-0.2, -0.15) is 8.78 Å². The topological polar surface area (TPSA) is 183 Å². The van der Waals surface area contributed by atoms with Crippen LogP contribution in [-0.4, -0.2) is 97.0 Å². The third-order valence-corrected chi connectivity index (χ3v) is 8.51. The lowest BCUT2D eigenvalue weighted by Crippen LogP contribution is -2.57. The van der Waals surface area contributed by atoms with Crippen LogP contribution in [0, 0.1) is 0 Å². The summed E-state index contributed by atoms with van der Waals surface area (Å²) in [7, 11) is -4.24. The highest BCUT2D eigenvalue weighted by molar-refractivity contribution is 7.90. The first-order chi connectivity index (χ1) is 22.1. The van der Waals surface area contributed by atoms with Gasteiger partial charge in [0.15, 0.2) is 9.84 Å². The van der Waals surface area contributed by atoms with Crippen LogP contribution in [0.5, 0.6) is 5.75 Å². The number of ether oxygens (including phenoxy) is 2. The average Bonchev–Trinajstić information content (AvgIpc) is 3.54. The fourth-order valence-corrected chi connectivity index (χ4v) is 6.17. The summed E-state index contributed by atoms with van der Waals surface area (Å²) in [4.78, 5) is 45.5. The number of para-hydroxylation sites is 1. The fraction of sp³-hybridized carbons (Fsp3) is 0.448. The lowest BCUT2D eigenvalue weighted by molar-refractivity contribution is -0.123. The highest BCUT2D eigenvalue weighted by Crippen LogP contribution is 2.23. The van der Waals surface area contributed by atoms with E-state index >= 15 is 0 Å². The Bertz CT molecular complexity index is 1590. The molecule has 0 spiro atoms. The van der Waals surface area contributed by atoms with E-state index in [4.69, 9.17) is 9.15 Å². The molecular formula is C29H34F2N6O8S. The van der Waals surface area contributed by atoms with Gasteiger partial charge in [0.1, 0.15) is 11.8 Å². The van der Waals surface area contributed by atoms with E-state index in [0.29, 0.717) is 18.4 Å². The smallest absolute Gasteiger partial charge is 0.387 e. The number of pyridine rings is 1. The van der Waals surface area contributed by atoms with Crippen molar-refractivity contribution in [2.45, 2.75) is 50.6 Å². The fourth-order valence-electron chi connectivity index (χ4n) is 4.60. The van der Waals surface area contributed by atoms with Gasteiger partial charge in [-0.25, -0.2) is 13.2 Å². The second-order valence-corrected chi connectivity index (χ2v) is 12.5. The maximum absolute atomic E-state index is 13.7. The monoisotopic (exact) mass is 664 g/mol. The zero-order valence-corrected chi connectivity index (χ0v) is 25.8. The number of Topliss-reactive ketones (excluding diaryl/α,β-unsaturated/α-hetero) is 1. The number of amides is 3. The SMILES string of the molecule is CCCCC(NC(=O)[C@H](CS(=O)(=O)Cc1ccccc1OC(F)F)NC(=O)N1CCOCC1)C(=O)c1nnc(-c2cccnc2)o1. The molecular weight excluding hydrogens is 630 g/mol. The van der Waals surface area contributed by atoms with Crippen molar-refractivity contribution in [2.24, 2.45) is 0 Å². The Morgan fingerprint density at radius 2 is 1.80 bits per heavy atom. The molecule has 1 fully saturated rings. The quantitative estimate of drug-likeness (QED) is 0.228. The molecule has 14 nitrogen and oxygen atoms in total. The van der Waals surface area contributed by atoms with E-state index in [9.17, 15) is 31.6 Å². The van der Waals surface area contributed by atoms with Crippen LogP contribution >= 0.6 is 0 Å². The molecule has 0 saturated carbocycles. The number of hydrogen-bond acceptors (Lipinski definition) is 11. The first kappa shape index (κ1) is 34.4. The lowest BCUT2D eigenvalue weighted by Gasteiger charge is -2.29. The number of ketones is 1. The van der Waals surface area contributed by atoms with Crippen molar-refractivity contribution in [3.63, 3.8) is 0 Å². The minimum atomic E-state index is -4.24. The van der Waals surface area contributed by atoms with Crippen LogP contribution in [0.2, 0.25) is 0 Å². The number of carbonyl (C=O) groups is 3. The van der Waals surface area contributed by atoms with E-state index in [2.05, 4.69) is 30.6 Å². The lowest BCUT2D eigenvalue weighted by atomic mass is 10.0. The summed E-state index contributed by atoms with van der Waals surface area (Å²) in [5.41, 5.74) is 0.415. The Labute approximate surface area is 263 Å². The van der Waals surface area contributed by atoms with Gasteiger partial charge in [0.25, 0.3) is 5.89 Å². The molecule has 3 amide bonds. The maximum Gasteiger partial charge on any atom is 0.387 e. The second kappa shape index (κ2) is 16.2. The molecule has 2 atom stereocenters. The summed E-state index contributed by atoms with van der Waals surface area (Å²) < 4.78 is 67.8. The van der Waals surface area contributed by atoms with Crippen molar-refractivity contribution in [2.75, 3.05) is 32.1 Å². The van der Waals surface area contributed by atoms with Gasteiger partial charge in [-0.05, 0) is 24.6 Å². The first-order valence-corrected chi connectivity index (χ1v) is 16.3. The van der Waals surface area contributed by atoms with Crippen LogP contribution in [-0.2, 0) is 25.1 Å². The summed E-state index contributed by atoms with van der Waals surface area (Å²) in [5, 5.41) is 12.7. The zero-order chi connectivity index (χ0) is 33.1. The molecule has 3 aromatic rings. The van der Waals surface area contributed by atoms with Crippen LogP contribution in [0.4, 0.5) is 13.6 Å². The number of halogens is 2. The summed E-state index contributed by atoms with van der Waals surface area (Å²) in [5.74, 6) is -4.00. The van der Waals surface area contributed by atoms with E-state index < -0.39 is 57.8 Å². The van der Waals surface area contributed by atoms with Gasteiger partial charge < -0.3 is 29.4 Å². The Hall–Kier alpha value is -4.51. The Kier molecular flexibility index (Phi) is 12.1. The molecule has 248 valence electrons. The first-order valence-electron chi connectivity index (χ1n) is 14.5. The number of benzene rings is 1. The van der Waals surface area contributed by atoms with Gasteiger partial charge in [0.2, 0.25) is 17.6 Å². The number of aromatic nitrogens is 3. The van der Waals surface area contributed by atoms with E-state index in [0.717, 1.165) is 0 Å². The molecule has 2 N–H and O–H groups in total. The van der Waals surface area contributed by atoms with Crippen molar-refractivity contribution < 1.29 is 45.5 Å². The highest BCUT2D eigenvalue weighted by atomic mass is 32.2. The van der Waals surface area contributed by atoms with Crippen molar-refractivity contribution in [1.82, 2.24) is 30.7 Å². The number of carbonyl (C=O) groups excluding carboxylic acids is 3. The molecule has 1 aliphatic heterocycles. The molecule has 2 aromatic heterocycles. The highest BCUT2D eigenvalue weighted by Gasteiger charge is 2.34. The zero-order valence-electron chi connectivity index (χ0n) is 24.9. The average molecular weight is 665 g/mol. The van der Waals surface area contributed by atoms with Gasteiger partial charge in [-0.15, -0.1) is 10.2 Å². The summed E-state index contributed by atoms with van der Waals surface area (Å²) in [6.07, 6.45) is 4.34. The molecule has 4 rings (SSSR count). The number of morpholine rings is 1. The number of sulfone groups is 1. The Morgan fingerprint density at radius 1 is 1.04 bits per heavy atom. The number of hydrogen-bond donors (Lipinski definition) is 2. The van der Waals surface area contributed by atoms with Gasteiger partial charge in [0.05, 0.1) is 36.3 Å². The predicted molar refractivity (Wildman–Crippen MR) is 159 cm³/mol. The second-order valence-electron chi connectivity index (χ2n) is 10.4. The van der Waals surface area contributed by atoms with Gasteiger partial charge >= 0.3 is 12.6 Å². The number of unbranched alkanes of at least 4 members (excludes halogenated alkanes) is 1. The molecule has 0 bridgehead atoms. The Balaban J connectivity index is 1.56. The predicted octanol–water partition coefficient (Wildman–Crippen LogP) is 2.62. The van der Waals surface area contributed by atoms with Gasteiger partial charge in [-0.1, -0.05) is 38.0 Å². The van der Waals surface area contributed by atoms with Crippen molar-refractivity contribution in [3.05, 3.63) is 60.2 Å². The molecule has 1 aliphatic rings. The maximum atomic E-state index is 13.7. The van der Waals surface area contributed by atoms with Crippen molar-refractivity contribution in [3.8, 4) is 17.2 Å². The third kappa shape index (κ3) is 9.74. The number of nitrogens with one attached hydrogen (secondary N) is 2. The normalized spacial score (nSPS) is 14.8. The molecule has 0 aliphatic carbocycles. The van der Waals surface area contributed by atoms with Gasteiger partial charge in [0, 0.05) is 31.0 Å². The summed E-state index contributed by atoms with van der Waals surface area (Å²) >= 11 is 0. The number of rotatable bonds is 15. The van der Waals surface area contributed by atoms with Crippen LogP contribution in [0.15, 0.2) is 53.2 Å². The van der Waals surface area contributed by atoms with E-state index in [-0.39, 0.29) is 55.8 Å². The van der Waals surface area contributed by atoms with Gasteiger partial charge in [-0.3, -0.25) is 14.6 Å². The molecule has 0 radical (unpaired) electrons. The standard InChI is InChI=1S/C29H34F2N6O8S/c1-2-3-9-21(24(38)27-36-35-26(45-27)19-8-6-11-32-16-19)33-25(39)22(34-29(40)37-12-14-43-15-13-37)18-46(41,42)17-20-7-4-5-10-23(20)44-28(30)31/h4-8,10-11,16,21-22,28H,2-3,9,12-15,17-18H2,1H3,(H,33,39)(H,34,40)/t21?,22-/m0/s1.